The largest absolute Gasteiger partial charge is 0.487 e. The van der Waals surface area contributed by atoms with Crippen LogP contribution in [0.3, 0.4) is 0 Å². The lowest BCUT2D eigenvalue weighted by atomic mass is 9.76. The monoisotopic (exact) mass is 371 g/mol. The molecule has 2 heterocycles. The highest BCUT2D eigenvalue weighted by Crippen LogP contribution is 2.47. The molecule has 4 rings (SSSR count). The summed E-state index contributed by atoms with van der Waals surface area (Å²) >= 11 is 1.64. The number of carbonyl (C=O) groups is 1. The Hall–Kier alpha value is -1.85. The van der Waals surface area contributed by atoms with E-state index in [1.165, 1.54) is 4.88 Å². The van der Waals surface area contributed by atoms with Crippen molar-refractivity contribution in [3.05, 3.63) is 40.3 Å². The maximum atomic E-state index is 12.1. The topological polar surface area (TPSA) is 49.8 Å². The zero-order valence-electron chi connectivity index (χ0n) is 15.5. The first-order valence-electron chi connectivity index (χ1n) is 9.16. The molecule has 0 unspecified atom stereocenters. The number of likely N-dealkylation sites (tertiary alicyclic amines) is 1. The summed E-state index contributed by atoms with van der Waals surface area (Å²) < 4.78 is 6.19. The molecule has 2 aliphatic rings. The van der Waals surface area contributed by atoms with Crippen molar-refractivity contribution in [2.45, 2.75) is 39.2 Å². The van der Waals surface area contributed by atoms with Crippen LogP contribution in [0.4, 0.5) is 0 Å². The summed E-state index contributed by atoms with van der Waals surface area (Å²) in [7, 11) is 2.07. The number of thiophene rings is 1. The fourth-order valence-electron chi connectivity index (χ4n) is 3.99. The van der Waals surface area contributed by atoms with Gasteiger partial charge in [0, 0.05) is 23.5 Å². The minimum absolute atomic E-state index is 0.155. The lowest BCUT2D eigenvalue weighted by Crippen LogP contribution is -2.51. The van der Waals surface area contributed by atoms with Crippen LogP contribution in [0.25, 0.3) is 10.4 Å². The van der Waals surface area contributed by atoms with E-state index in [-0.39, 0.29) is 11.5 Å². The molecule has 1 aliphatic heterocycles. The molecular weight excluding hydrogens is 346 g/mol. The smallest absolute Gasteiger partial charge is 0.337 e. The Morgan fingerprint density at radius 1 is 1.31 bits per heavy atom. The molecule has 5 heteroatoms. The third-order valence-corrected chi connectivity index (χ3v) is 6.77. The Morgan fingerprint density at radius 3 is 2.73 bits per heavy atom. The van der Waals surface area contributed by atoms with Crippen molar-refractivity contribution in [1.29, 1.82) is 0 Å². The fraction of sp³-hybridized carbons (Fsp3) is 0.476. The normalized spacial score (nSPS) is 19.7. The van der Waals surface area contributed by atoms with Gasteiger partial charge < -0.3 is 9.84 Å². The second kappa shape index (κ2) is 6.39. The third kappa shape index (κ3) is 3.14. The minimum Gasteiger partial charge on any atom is -0.487 e. The standard InChI is InChI=1S/C21H25NO3S/c1-21(2)9-8-17-15(10-21)18(20(23)24)19(26-17)14-6-4-5-7-16(14)25-13-11-22(3)12-13/h4-7,13H,8-12H2,1-3H3,(H,23,24). The molecule has 0 spiro atoms. The van der Waals surface area contributed by atoms with Gasteiger partial charge in [0.25, 0.3) is 0 Å². The van der Waals surface area contributed by atoms with Gasteiger partial charge in [0.2, 0.25) is 0 Å². The summed E-state index contributed by atoms with van der Waals surface area (Å²) in [5.74, 6) is -0.0284. The molecule has 0 radical (unpaired) electrons. The van der Waals surface area contributed by atoms with Crippen molar-refractivity contribution in [1.82, 2.24) is 4.90 Å². The predicted octanol–water partition coefficient (Wildman–Crippen LogP) is 4.32. The highest BCUT2D eigenvalue weighted by Gasteiger charge is 2.34. The molecular formula is C21H25NO3S. The number of nitrogens with zero attached hydrogens (tertiary/aromatic N) is 1. The third-order valence-electron chi connectivity index (χ3n) is 5.44. The van der Waals surface area contributed by atoms with E-state index in [4.69, 9.17) is 4.74 Å². The molecule has 1 saturated heterocycles. The van der Waals surface area contributed by atoms with E-state index < -0.39 is 5.97 Å². The van der Waals surface area contributed by atoms with Gasteiger partial charge >= 0.3 is 5.97 Å². The molecule has 1 N–H and O–H groups in total. The number of rotatable bonds is 4. The Bertz CT molecular complexity index is 849. The maximum Gasteiger partial charge on any atom is 0.337 e. The van der Waals surface area contributed by atoms with Crippen molar-refractivity contribution in [3.8, 4) is 16.2 Å². The van der Waals surface area contributed by atoms with E-state index in [0.29, 0.717) is 5.56 Å². The fourth-order valence-corrected chi connectivity index (χ4v) is 5.33. The molecule has 0 amide bonds. The van der Waals surface area contributed by atoms with Gasteiger partial charge in [-0.25, -0.2) is 4.79 Å². The Labute approximate surface area is 158 Å². The molecule has 1 aromatic heterocycles. The molecule has 0 bridgehead atoms. The molecule has 1 aliphatic carbocycles. The number of benzene rings is 1. The molecule has 4 nitrogen and oxygen atoms in total. The second-order valence-corrected chi connectivity index (χ2v) is 9.42. The molecule has 2 aromatic rings. The average molecular weight is 372 g/mol. The lowest BCUT2D eigenvalue weighted by molar-refractivity contribution is 0.0392. The number of ether oxygens (including phenoxy) is 1. The van der Waals surface area contributed by atoms with Crippen LogP contribution in [0, 0.1) is 5.41 Å². The molecule has 1 fully saturated rings. The van der Waals surface area contributed by atoms with Gasteiger partial charge in [-0.1, -0.05) is 26.0 Å². The van der Waals surface area contributed by atoms with Gasteiger partial charge in [-0.3, -0.25) is 4.90 Å². The number of para-hydroxylation sites is 1. The Balaban J connectivity index is 1.77. The van der Waals surface area contributed by atoms with Gasteiger partial charge in [0.05, 0.1) is 10.4 Å². The Morgan fingerprint density at radius 2 is 2.04 bits per heavy atom. The van der Waals surface area contributed by atoms with E-state index >= 15 is 0 Å². The zero-order chi connectivity index (χ0) is 18.5. The second-order valence-electron chi connectivity index (χ2n) is 8.31. The number of likely N-dealkylation sites (N-methyl/N-ethyl adjacent to an activating group) is 1. The van der Waals surface area contributed by atoms with E-state index in [0.717, 1.165) is 54.1 Å². The van der Waals surface area contributed by atoms with Gasteiger partial charge in [-0.05, 0) is 49.4 Å². The minimum atomic E-state index is -0.826. The first-order chi connectivity index (χ1) is 12.3. The lowest BCUT2D eigenvalue weighted by Gasteiger charge is -2.36. The number of carboxylic acid groups (broad SMARTS) is 1. The summed E-state index contributed by atoms with van der Waals surface area (Å²) in [6, 6.07) is 7.87. The van der Waals surface area contributed by atoms with E-state index in [1.807, 2.05) is 24.3 Å². The highest BCUT2D eigenvalue weighted by atomic mass is 32.1. The molecule has 1 aromatic carbocycles. The summed E-state index contributed by atoms with van der Waals surface area (Å²) in [5, 5.41) is 9.97. The predicted molar refractivity (Wildman–Crippen MR) is 104 cm³/mol. The molecule has 0 saturated carbocycles. The van der Waals surface area contributed by atoms with Crippen molar-refractivity contribution < 1.29 is 14.6 Å². The van der Waals surface area contributed by atoms with Crippen molar-refractivity contribution in [3.63, 3.8) is 0 Å². The van der Waals surface area contributed by atoms with Crippen LogP contribution in [-0.4, -0.2) is 42.2 Å². The molecule has 138 valence electrons. The summed E-state index contributed by atoms with van der Waals surface area (Å²) in [5.41, 5.74) is 2.59. The summed E-state index contributed by atoms with van der Waals surface area (Å²) in [4.78, 5) is 16.4. The van der Waals surface area contributed by atoms with Crippen LogP contribution < -0.4 is 4.74 Å². The van der Waals surface area contributed by atoms with Crippen LogP contribution in [0.2, 0.25) is 0 Å². The SMILES string of the molecule is CN1CC(Oc2ccccc2-c2sc3c(c2C(=O)O)CC(C)(C)CC3)C1. The van der Waals surface area contributed by atoms with Gasteiger partial charge in [0.1, 0.15) is 11.9 Å². The number of aryl methyl sites for hydroxylation is 1. The van der Waals surface area contributed by atoms with Crippen molar-refractivity contribution >= 4 is 17.3 Å². The van der Waals surface area contributed by atoms with E-state index in [1.54, 1.807) is 11.3 Å². The van der Waals surface area contributed by atoms with Crippen LogP contribution >= 0.6 is 11.3 Å². The first-order valence-corrected chi connectivity index (χ1v) is 9.98. The van der Waals surface area contributed by atoms with Gasteiger partial charge in [-0.2, -0.15) is 0 Å². The van der Waals surface area contributed by atoms with Crippen LogP contribution in [0.1, 0.15) is 41.1 Å². The number of aromatic carboxylic acids is 1. The van der Waals surface area contributed by atoms with Gasteiger partial charge in [-0.15, -0.1) is 11.3 Å². The summed E-state index contributed by atoms with van der Waals surface area (Å²) in [6.07, 6.45) is 3.08. The van der Waals surface area contributed by atoms with E-state index in [2.05, 4.69) is 25.8 Å². The van der Waals surface area contributed by atoms with Crippen molar-refractivity contribution in [2.75, 3.05) is 20.1 Å². The molecule has 0 atom stereocenters. The maximum absolute atomic E-state index is 12.1. The van der Waals surface area contributed by atoms with Crippen LogP contribution in [0.5, 0.6) is 5.75 Å². The van der Waals surface area contributed by atoms with Crippen molar-refractivity contribution in [2.24, 2.45) is 5.41 Å². The first kappa shape index (κ1) is 17.6. The number of hydrogen-bond acceptors (Lipinski definition) is 4. The van der Waals surface area contributed by atoms with E-state index in [9.17, 15) is 9.90 Å². The van der Waals surface area contributed by atoms with Gasteiger partial charge in [0.15, 0.2) is 0 Å². The van der Waals surface area contributed by atoms with Crippen LogP contribution in [-0.2, 0) is 12.8 Å². The number of carboxylic acids is 1. The van der Waals surface area contributed by atoms with Crippen LogP contribution in [0.15, 0.2) is 24.3 Å². The average Bonchev–Trinajstić information content (AvgIpc) is 2.91. The summed E-state index contributed by atoms with van der Waals surface area (Å²) in [6.45, 7) is 6.27. The Kier molecular flexibility index (Phi) is 4.32. The zero-order valence-corrected chi connectivity index (χ0v) is 16.4. The number of fused-ring (bicyclic) bond motifs is 1. The quantitative estimate of drug-likeness (QED) is 0.869. The highest BCUT2D eigenvalue weighted by molar-refractivity contribution is 7.16. The number of hydrogen-bond donors (Lipinski definition) is 1. The molecule has 26 heavy (non-hydrogen) atoms.